The monoisotopic (exact) mass is 385 g/mol. The molecule has 1 aliphatic carbocycles. The minimum absolute atomic E-state index is 0.143. The van der Waals surface area contributed by atoms with Gasteiger partial charge in [0.1, 0.15) is 5.65 Å². The number of halogens is 2. The number of carbonyl (C=O) groups excluding carboxylic acids is 1. The highest BCUT2D eigenvalue weighted by molar-refractivity contribution is 6.00. The Balaban J connectivity index is 1.65. The number of amides is 1. The lowest BCUT2D eigenvalue weighted by Crippen LogP contribution is -2.45. The molecule has 1 aliphatic rings. The van der Waals surface area contributed by atoms with E-state index >= 15 is 0 Å². The van der Waals surface area contributed by atoms with Crippen LogP contribution in [0.1, 0.15) is 47.2 Å². The van der Waals surface area contributed by atoms with Crippen LogP contribution in [-0.4, -0.2) is 32.5 Å². The Hall–Kier alpha value is -2.80. The summed E-state index contributed by atoms with van der Waals surface area (Å²) in [5.41, 5.74) is 1.70. The number of nitrogens with zero attached hydrogens (tertiary/aromatic N) is 2. The number of aliphatic hydroxyl groups excluding tert-OH is 1. The molecule has 0 saturated heterocycles. The molecule has 28 heavy (non-hydrogen) atoms. The van der Waals surface area contributed by atoms with Gasteiger partial charge in [-0.1, -0.05) is 25.0 Å². The largest absolute Gasteiger partial charge is 0.391 e. The van der Waals surface area contributed by atoms with Crippen molar-refractivity contribution in [2.24, 2.45) is 0 Å². The van der Waals surface area contributed by atoms with Gasteiger partial charge < -0.3 is 14.8 Å². The zero-order valence-corrected chi connectivity index (χ0v) is 15.2. The Kier molecular flexibility index (Phi) is 5.09. The van der Waals surface area contributed by atoms with Crippen molar-refractivity contribution in [2.75, 3.05) is 0 Å². The van der Waals surface area contributed by atoms with Crippen molar-refractivity contribution in [3.8, 4) is 0 Å². The van der Waals surface area contributed by atoms with Gasteiger partial charge in [0, 0.05) is 25.0 Å². The molecule has 1 saturated carbocycles. The van der Waals surface area contributed by atoms with Crippen molar-refractivity contribution in [1.82, 2.24) is 14.7 Å². The highest BCUT2D eigenvalue weighted by Gasteiger charge is 2.26. The standard InChI is InChI=1S/C21H21F2N3O2/c22-16-5-3-4-14(19(16)23)10-13-11-15(20-24-8-9-26(20)12-13)21(28)25-17-6-1-2-7-18(17)27/h3-5,8-9,11-12,17-18,27H,1-2,6-7,10H2,(H,25,28)/t17-,18-/m0/s1. The normalized spacial score (nSPS) is 19.7. The maximum Gasteiger partial charge on any atom is 0.255 e. The van der Waals surface area contributed by atoms with E-state index in [-0.39, 0.29) is 23.9 Å². The van der Waals surface area contributed by atoms with Crippen LogP contribution >= 0.6 is 0 Å². The lowest BCUT2D eigenvalue weighted by atomic mass is 9.92. The van der Waals surface area contributed by atoms with Crippen LogP contribution in [0.15, 0.2) is 42.9 Å². The summed E-state index contributed by atoms with van der Waals surface area (Å²) in [5, 5.41) is 13.0. The third-order valence-corrected chi connectivity index (χ3v) is 5.26. The summed E-state index contributed by atoms with van der Waals surface area (Å²) in [6, 6.07) is 5.42. The van der Waals surface area contributed by atoms with E-state index < -0.39 is 17.7 Å². The fraction of sp³-hybridized carbons (Fsp3) is 0.333. The fourth-order valence-electron chi connectivity index (χ4n) is 3.79. The van der Waals surface area contributed by atoms with Crippen molar-refractivity contribution in [1.29, 1.82) is 0 Å². The molecule has 0 unspecified atom stereocenters. The predicted octanol–water partition coefficient (Wildman–Crippen LogP) is 3.24. The molecule has 0 aliphatic heterocycles. The first-order valence-electron chi connectivity index (χ1n) is 9.40. The fourth-order valence-corrected chi connectivity index (χ4v) is 3.79. The number of imidazole rings is 1. The van der Waals surface area contributed by atoms with Crippen molar-refractivity contribution in [3.05, 3.63) is 71.2 Å². The van der Waals surface area contributed by atoms with Crippen LogP contribution in [0.25, 0.3) is 5.65 Å². The second-order valence-corrected chi connectivity index (χ2v) is 7.24. The summed E-state index contributed by atoms with van der Waals surface area (Å²) in [5.74, 6) is -2.11. The Bertz CT molecular complexity index is 1020. The molecular weight excluding hydrogens is 364 g/mol. The van der Waals surface area contributed by atoms with Crippen LogP contribution in [0, 0.1) is 11.6 Å². The van der Waals surface area contributed by atoms with Crippen molar-refractivity contribution in [3.63, 3.8) is 0 Å². The van der Waals surface area contributed by atoms with Crippen LogP contribution in [0.5, 0.6) is 0 Å². The molecule has 2 aromatic heterocycles. The lowest BCUT2D eigenvalue weighted by molar-refractivity contribution is 0.0718. The van der Waals surface area contributed by atoms with Crippen LogP contribution in [0.2, 0.25) is 0 Å². The highest BCUT2D eigenvalue weighted by atomic mass is 19.2. The van der Waals surface area contributed by atoms with Gasteiger partial charge in [0.25, 0.3) is 5.91 Å². The van der Waals surface area contributed by atoms with E-state index in [0.717, 1.165) is 25.3 Å². The van der Waals surface area contributed by atoms with Gasteiger partial charge >= 0.3 is 0 Å². The molecule has 5 nitrogen and oxygen atoms in total. The van der Waals surface area contributed by atoms with Crippen LogP contribution in [-0.2, 0) is 6.42 Å². The Labute approximate surface area is 161 Å². The number of fused-ring (bicyclic) bond motifs is 1. The van der Waals surface area contributed by atoms with Crippen molar-refractivity contribution in [2.45, 2.75) is 44.2 Å². The summed E-state index contributed by atoms with van der Waals surface area (Å²) in [6.07, 6.45) is 7.92. The maximum atomic E-state index is 14.1. The molecule has 1 fully saturated rings. The lowest BCUT2D eigenvalue weighted by Gasteiger charge is -2.28. The number of hydrogen-bond acceptors (Lipinski definition) is 3. The molecule has 2 heterocycles. The minimum atomic E-state index is -0.898. The molecule has 146 valence electrons. The second-order valence-electron chi connectivity index (χ2n) is 7.24. The molecule has 3 aromatic rings. The summed E-state index contributed by atoms with van der Waals surface area (Å²) in [7, 11) is 0. The molecule has 0 radical (unpaired) electrons. The molecule has 0 bridgehead atoms. The molecule has 4 rings (SSSR count). The van der Waals surface area contributed by atoms with Crippen LogP contribution in [0.3, 0.4) is 0 Å². The first-order valence-corrected chi connectivity index (χ1v) is 9.40. The van der Waals surface area contributed by atoms with Gasteiger partial charge in [0.05, 0.1) is 17.7 Å². The van der Waals surface area contributed by atoms with Crippen LogP contribution in [0.4, 0.5) is 8.78 Å². The summed E-state index contributed by atoms with van der Waals surface area (Å²) >= 11 is 0. The van der Waals surface area contributed by atoms with E-state index in [1.807, 2.05) is 0 Å². The second kappa shape index (κ2) is 7.67. The first-order chi connectivity index (χ1) is 13.5. The third kappa shape index (κ3) is 3.62. The van der Waals surface area contributed by atoms with Crippen LogP contribution < -0.4 is 5.32 Å². The van der Waals surface area contributed by atoms with Gasteiger partial charge in [-0.15, -0.1) is 0 Å². The van der Waals surface area contributed by atoms with Gasteiger partial charge in [-0.3, -0.25) is 4.79 Å². The Morgan fingerprint density at radius 1 is 1.29 bits per heavy atom. The predicted molar refractivity (Wildman–Crippen MR) is 100 cm³/mol. The van der Waals surface area contributed by atoms with E-state index in [2.05, 4.69) is 10.3 Å². The number of aromatic nitrogens is 2. The number of benzene rings is 1. The van der Waals surface area contributed by atoms with Crippen molar-refractivity contribution >= 4 is 11.6 Å². The molecule has 0 spiro atoms. The molecular formula is C21H21F2N3O2. The third-order valence-electron chi connectivity index (χ3n) is 5.26. The molecule has 7 heteroatoms. The molecule has 2 N–H and O–H groups in total. The van der Waals surface area contributed by atoms with E-state index in [1.54, 1.807) is 29.1 Å². The van der Waals surface area contributed by atoms with Gasteiger partial charge in [-0.05, 0) is 36.1 Å². The SMILES string of the molecule is O=C(N[C@H]1CCCC[C@@H]1O)c1cc(Cc2cccc(F)c2F)cn2ccnc12. The number of pyridine rings is 1. The summed E-state index contributed by atoms with van der Waals surface area (Å²) < 4.78 is 29.3. The number of hydrogen-bond donors (Lipinski definition) is 2. The summed E-state index contributed by atoms with van der Waals surface area (Å²) in [6.45, 7) is 0. The number of nitrogens with one attached hydrogen (secondary N) is 1. The van der Waals surface area contributed by atoms with Gasteiger partial charge in [0.15, 0.2) is 11.6 Å². The molecule has 1 amide bonds. The number of carbonyl (C=O) groups is 1. The van der Waals surface area contributed by atoms with E-state index in [9.17, 15) is 18.7 Å². The quantitative estimate of drug-likeness (QED) is 0.725. The zero-order valence-electron chi connectivity index (χ0n) is 15.2. The Morgan fingerprint density at radius 2 is 2.11 bits per heavy atom. The first kappa shape index (κ1) is 18.6. The number of rotatable bonds is 4. The average Bonchev–Trinajstić information content (AvgIpc) is 3.15. The topological polar surface area (TPSA) is 66.6 Å². The summed E-state index contributed by atoms with van der Waals surface area (Å²) in [4.78, 5) is 17.1. The average molecular weight is 385 g/mol. The van der Waals surface area contributed by atoms with Gasteiger partial charge in [-0.2, -0.15) is 0 Å². The molecule has 1 aromatic carbocycles. The van der Waals surface area contributed by atoms with E-state index in [4.69, 9.17) is 0 Å². The number of aliphatic hydroxyl groups is 1. The Morgan fingerprint density at radius 3 is 2.93 bits per heavy atom. The van der Waals surface area contributed by atoms with Gasteiger partial charge in [0.2, 0.25) is 0 Å². The van der Waals surface area contributed by atoms with Crippen molar-refractivity contribution < 1.29 is 18.7 Å². The zero-order chi connectivity index (χ0) is 19.7. The molecule has 2 atom stereocenters. The highest BCUT2D eigenvalue weighted by Crippen LogP contribution is 2.21. The van der Waals surface area contributed by atoms with E-state index in [1.165, 1.54) is 12.1 Å². The minimum Gasteiger partial charge on any atom is -0.391 e. The van der Waals surface area contributed by atoms with E-state index in [0.29, 0.717) is 23.2 Å². The smallest absolute Gasteiger partial charge is 0.255 e. The van der Waals surface area contributed by atoms with Gasteiger partial charge in [-0.25, -0.2) is 13.8 Å². The maximum absolute atomic E-state index is 14.1.